The Morgan fingerprint density at radius 2 is 2.24 bits per heavy atom. The number of halogens is 1. The van der Waals surface area contributed by atoms with Gasteiger partial charge in [-0.25, -0.2) is 9.78 Å². The van der Waals surface area contributed by atoms with Gasteiger partial charge in [0.25, 0.3) is 11.8 Å². The zero-order valence-electron chi connectivity index (χ0n) is 19.2. The number of aromatic nitrogens is 2. The molecule has 2 aromatic heterocycles. The Kier molecular flexibility index (Phi) is 7.65. The number of nitrogens with zero attached hydrogens (tertiary/aromatic N) is 4. The Morgan fingerprint density at radius 1 is 1.49 bits per heavy atom. The number of nitrogens with one attached hydrogen (secondary N) is 1. The molecule has 0 bridgehead atoms. The molecule has 2 amide bonds. The number of thioether (sulfide) groups is 1. The fourth-order valence-electron chi connectivity index (χ4n) is 3.62. The minimum atomic E-state index is -1.37. The first-order valence-electron chi connectivity index (χ1n) is 10.7. The molecule has 37 heavy (non-hydrogen) atoms. The molecule has 4 rings (SSSR count). The molecule has 0 radical (unpaired) electrons. The number of allylic oxidation sites excluding steroid dienone is 1. The number of aldehydes is 1. The van der Waals surface area contributed by atoms with E-state index in [1.807, 2.05) is 4.57 Å². The van der Waals surface area contributed by atoms with Gasteiger partial charge >= 0.3 is 5.97 Å². The normalized spacial score (nSPS) is 20.1. The second kappa shape index (κ2) is 10.7. The lowest BCUT2D eigenvalue weighted by molar-refractivity contribution is -0.688. The van der Waals surface area contributed by atoms with Crippen molar-refractivity contribution >= 4 is 75.3 Å². The minimum absolute atomic E-state index is 0.0291. The third kappa shape index (κ3) is 5.38. The van der Waals surface area contributed by atoms with E-state index in [0.29, 0.717) is 24.3 Å². The van der Waals surface area contributed by atoms with Crippen molar-refractivity contribution in [2.24, 2.45) is 5.16 Å². The molecule has 0 aromatic carbocycles. The Morgan fingerprint density at radius 3 is 2.86 bits per heavy atom. The zero-order valence-corrected chi connectivity index (χ0v) is 21.5. The van der Waals surface area contributed by atoms with Crippen LogP contribution in [0.1, 0.15) is 12.6 Å². The van der Waals surface area contributed by atoms with Gasteiger partial charge < -0.3 is 26.7 Å². The average Bonchev–Trinajstić information content (AvgIpc) is 3.19. The lowest BCUT2D eigenvalue weighted by Gasteiger charge is -2.49. The fourth-order valence-corrected chi connectivity index (χ4v) is 5.91. The van der Waals surface area contributed by atoms with Crippen LogP contribution in [0.2, 0.25) is 4.34 Å². The van der Waals surface area contributed by atoms with Crippen LogP contribution in [0.5, 0.6) is 0 Å². The number of aliphatic carboxylic acids is 1. The molecule has 0 saturated carbocycles. The van der Waals surface area contributed by atoms with E-state index in [4.69, 9.17) is 33.0 Å². The predicted octanol–water partition coefficient (Wildman–Crippen LogP) is -0.00470. The molecular formula is C21H21ClN7O6S2+. The smallest absolute Gasteiger partial charge is 0.347 e. The third-order valence-electron chi connectivity index (χ3n) is 5.44. The van der Waals surface area contributed by atoms with Crippen molar-refractivity contribution in [1.82, 2.24) is 15.2 Å². The number of carbonyl (C=O) groups is 4. The molecule has 1 fully saturated rings. The number of fused-ring (bicyclic) bond motifs is 1. The van der Waals surface area contributed by atoms with Crippen LogP contribution in [0.15, 0.2) is 41.0 Å². The van der Waals surface area contributed by atoms with Gasteiger partial charge in [-0.2, -0.15) is 4.57 Å². The summed E-state index contributed by atoms with van der Waals surface area (Å²) >= 11 is 8.38. The highest BCUT2D eigenvalue weighted by atomic mass is 35.5. The van der Waals surface area contributed by atoms with Crippen molar-refractivity contribution in [3.05, 3.63) is 45.8 Å². The number of hydrogen-bond acceptors (Lipinski definition) is 11. The number of anilines is 2. The maximum Gasteiger partial charge on any atom is 0.347 e. The molecule has 16 heteroatoms. The van der Waals surface area contributed by atoms with Gasteiger partial charge in [0.2, 0.25) is 6.10 Å². The van der Waals surface area contributed by atoms with Gasteiger partial charge in [-0.3, -0.25) is 19.3 Å². The second-order valence-corrected chi connectivity index (χ2v) is 10.7. The van der Waals surface area contributed by atoms with Crippen LogP contribution in [0.25, 0.3) is 0 Å². The van der Waals surface area contributed by atoms with Crippen LogP contribution in [-0.2, 0) is 30.6 Å². The predicted molar refractivity (Wildman–Crippen MR) is 135 cm³/mol. The number of pyridine rings is 1. The lowest BCUT2D eigenvalue weighted by Crippen LogP contribution is -2.70. The van der Waals surface area contributed by atoms with Gasteiger partial charge in [0.05, 0.1) is 11.4 Å². The van der Waals surface area contributed by atoms with Crippen LogP contribution in [0.4, 0.5) is 10.8 Å². The average molecular weight is 567 g/mol. The molecular weight excluding hydrogens is 546 g/mol. The number of carboxylic acid groups (broad SMARTS) is 1. The van der Waals surface area contributed by atoms with E-state index >= 15 is 0 Å². The summed E-state index contributed by atoms with van der Waals surface area (Å²) < 4.78 is 1.84. The SMILES string of the molecule is C[C@H](O/N=C(\C(=O)NC1C(=O)N2C(C=O)=C(C[n+]3cccc(N)c3)CSC12)c1nc(N)sc1Cl)C(=O)O. The first-order chi connectivity index (χ1) is 17.6. The highest BCUT2D eigenvalue weighted by molar-refractivity contribution is 8.00. The number of hydrogen-bond donors (Lipinski definition) is 4. The summed E-state index contributed by atoms with van der Waals surface area (Å²) in [7, 11) is 0. The van der Waals surface area contributed by atoms with E-state index in [-0.39, 0.29) is 20.9 Å². The molecule has 2 unspecified atom stereocenters. The van der Waals surface area contributed by atoms with Crippen LogP contribution >= 0.6 is 34.7 Å². The monoisotopic (exact) mass is 566 g/mol. The van der Waals surface area contributed by atoms with E-state index in [1.165, 1.54) is 23.6 Å². The second-order valence-electron chi connectivity index (χ2n) is 7.98. The summed E-state index contributed by atoms with van der Waals surface area (Å²) in [6.45, 7) is 1.58. The summed E-state index contributed by atoms with van der Waals surface area (Å²) in [4.78, 5) is 59.4. The summed E-state index contributed by atoms with van der Waals surface area (Å²) in [5, 5.41) is 14.8. The lowest BCUT2D eigenvalue weighted by atomic mass is 10.0. The number of rotatable bonds is 9. The van der Waals surface area contributed by atoms with Gasteiger partial charge in [-0.15, -0.1) is 11.8 Å². The summed E-state index contributed by atoms with van der Waals surface area (Å²) in [6, 6.07) is 2.53. The fraction of sp³-hybridized carbons (Fsp3) is 0.286. The Bertz CT molecular complexity index is 1350. The van der Waals surface area contributed by atoms with Gasteiger partial charge in [-0.1, -0.05) is 28.1 Å². The molecule has 4 heterocycles. The minimum Gasteiger partial charge on any atom is -0.478 e. The molecule has 2 aliphatic heterocycles. The number of oxime groups is 1. The first-order valence-corrected chi connectivity index (χ1v) is 12.9. The molecule has 6 N–H and O–H groups in total. The first kappa shape index (κ1) is 26.4. The molecule has 0 spiro atoms. The zero-order chi connectivity index (χ0) is 26.9. The Labute approximate surface area is 223 Å². The molecule has 0 aliphatic carbocycles. The molecule has 2 aliphatic rings. The van der Waals surface area contributed by atoms with E-state index in [0.717, 1.165) is 16.9 Å². The van der Waals surface area contributed by atoms with Crippen LogP contribution in [0, 0.1) is 0 Å². The molecule has 13 nitrogen and oxygen atoms in total. The van der Waals surface area contributed by atoms with Crippen molar-refractivity contribution in [1.29, 1.82) is 0 Å². The number of carbonyl (C=O) groups excluding carboxylic acids is 3. The molecule has 3 atom stereocenters. The number of carboxylic acids is 1. The number of β-lactam (4-membered cyclic amide) rings is 1. The largest absolute Gasteiger partial charge is 0.478 e. The molecule has 2 aromatic rings. The number of nitrogen functional groups attached to an aromatic ring is 2. The number of thiazole rings is 1. The Hall–Kier alpha value is -3.69. The quantitative estimate of drug-likeness (QED) is 0.105. The topological polar surface area (TPSA) is 194 Å². The summed E-state index contributed by atoms with van der Waals surface area (Å²) in [6.07, 6.45) is 2.77. The van der Waals surface area contributed by atoms with Crippen molar-refractivity contribution in [2.45, 2.75) is 31.0 Å². The summed E-state index contributed by atoms with van der Waals surface area (Å²) in [5.74, 6) is -2.24. The van der Waals surface area contributed by atoms with Crippen LogP contribution < -0.4 is 21.4 Å². The highest BCUT2D eigenvalue weighted by Crippen LogP contribution is 2.39. The van der Waals surface area contributed by atoms with E-state index in [2.05, 4.69) is 15.5 Å². The van der Waals surface area contributed by atoms with Gasteiger partial charge in [-0.05, 0) is 13.0 Å². The van der Waals surface area contributed by atoms with Crippen molar-refractivity contribution in [3.8, 4) is 0 Å². The maximum atomic E-state index is 13.1. The number of nitrogens with two attached hydrogens (primary N) is 2. The van der Waals surface area contributed by atoms with E-state index in [9.17, 15) is 19.2 Å². The van der Waals surface area contributed by atoms with Gasteiger partial charge in [0.1, 0.15) is 21.4 Å². The van der Waals surface area contributed by atoms with Gasteiger partial charge in [0, 0.05) is 17.4 Å². The third-order valence-corrected chi connectivity index (χ3v) is 7.86. The molecule has 194 valence electrons. The standard InChI is InChI=1S/C21H20ClN7O6S2/c1-9(20(33)34)35-27-14(13-16(22)37-21(24)26-13)17(31)25-15-18(32)29-12(7-30)10(8-36-19(15)29)5-28-4-2-3-11(23)6-28/h2-4,6-7,9,15,19H,5,8,23H2,1H3,(H3-,24,25,26,31,33,34)/p+1/b27-14-/t9-,15?,19?/m0/s1. The highest BCUT2D eigenvalue weighted by Gasteiger charge is 2.53. The Balaban J connectivity index is 1.54. The number of amides is 2. The molecule has 1 saturated heterocycles. The van der Waals surface area contributed by atoms with E-state index in [1.54, 1.807) is 24.5 Å². The van der Waals surface area contributed by atoms with Crippen molar-refractivity contribution < 1.29 is 33.7 Å². The van der Waals surface area contributed by atoms with Crippen LogP contribution in [-0.4, -0.2) is 68.0 Å². The summed E-state index contributed by atoms with van der Waals surface area (Å²) in [5.41, 5.74) is 12.5. The van der Waals surface area contributed by atoms with Crippen LogP contribution in [0.3, 0.4) is 0 Å². The van der Waals surface area contributed by atoms with E-state index < -0.39 is 41.0 Å². The van der Waals surface area contributed by atoms with Crippen molar-refractivity contribution in [2.75, 3.05) is 17.2 Å². The van der Waals surface area contributed by atoms with Gasteiger partial charge in [0.15, 0.2) is 36.1 Å². The van der Waals surface area contributed by atoms with Crippen molar-refractivity contribution in [3.63, 3.8) is 0 Å². The maximum absolute atomic E-state index is 13.1.